The number of hydrogen-bond donors (Lipinski definition) is 0. The molecule has 116 valence electrons. The quantitative estimate of drug-likeness (QED) is 0.776. The lowest BCUT2D eigenvalue weighted by atomic mass is 9.95. The van der Waals surface area contributed by atoms with Crippen molar-refractivity contribution in [3.8, 4) is 5.75 Å². The molecule has 2 aliphatic heterocycles. The third kappa shape index (κ3) is 2.73. The molecule has 2 heterocycles. The minimum Gasteiger partial charge on any atom is -0.481 e. The van der Waals surface area contributed by atoms with Gasteiger partial charge in [-0.05, 0) is 55.6 Å². The Bertz CT molecular complexity index is 591. The Morgan fingerprint density at radius 2 is 2.14 bits per heavy atom. The number of hydrogen-bond acceptors (Lipinski definition) is 4. The number of rotatable bonds is 3. The average molecular weight is 300 g/mol. The molecule has 0 fully saturated rings. The molecule has 0 bridgehead atoms. The van der Waals surface area contributed by atoms with Gasteiger partial charge in [-0.1, -0.05) is 0 Å². The molecule has 0 aliphatic carbocycles. The van der Waals surface area contributed by atoms with E-state index in [1.807, 2.05) is 4.81 Å². The number of methoxy groups -OCH3 is 1. The molecular weight excluding hydrogens is 279 g/mol. The molecule has 3 rings (SSSR count). The molecule has 1 aromatic rings. The molecular formula is C16H21BN2O3. The van der Waals surface area contributed by atoms with E-state index in [2.05, 4.69) is 13.0 Å². The van der Waals surface area contributed by atoms with Crippen LogP contribution in [0.15, 0.2) is 6.07 Å². The van der Waals surface area contributed by atoms with E-state index >= 15 is 0 Å². The summed E-state index contributed by atoms with van der Waals surface area (Å²) in [4.78, 5) is 15.8. The second-order valence-corrected chi connectivity index (χ2v) is 5.85. The van der Waals surface area contributed by atoms with Crippen LogP contribution < -0.4 is 9.64 Å². The van der Waals surface area contributed by atoms with E-state index < -0.39 is 0 Å². The average Bonchev–Trinajstić information content (AvgIpc) is 2.69. The van der Waals surface area contributed by atoms with Crippen LogP contribution >= 0.6 is 0 Å². The molecule has 0 spiro atoms. The summed E-state index contributed by atoms with van der Waals surface area (Å²) in [5, 5.41) is 0. The Hall–Kier alpha value is -1.53. The normalized spacial score (nSPS) is 18.5. The number of anilines is 1. The van der Waals surface area contributed by atoms with Gasteiger partial charge in [0, 0.05) is 13.7 Å². The number of carbonyl (C=O) groups is 1. The van der Waals surface area contributed by atoms with Crippen molar-refractivity contribution in [2.24, 2.45) is 0 Å². The van der Waals surface area contributed by atoms with E-state index in [9.17, 15) is 4.79 Å². The van der Waals surface area contributed by atoms with Crippen LogP contribution in [0.3, 0.4) is 0 Å². The first kappa shape index (κ1) is 15.4. The fourth-order valence-electron chi connectivity index (χ4n) is 3.25. The third-order valence-corrected chi connectivity index (χ3v) is 4.49. The van der Waals surface area contributed by atoms with E-state index in [0.717, 1.165) is 42.9 Å². The molecule has 2 radical (unpaired) electrons. The van der Waals surface area contributed by atoms with Crippen molar-refractivity contribution in [3.63, 3.8) is 0 Å². The molecule has 22 heavy (non-hydrogen) atoms. The van der Waals surface area contributed by atoms with E-state index in [4.69, 9.17) is 17.5 Å². The maximum atomic E-state index is 12.2. The van der Waals surface area contributed by atoms with Crippen molar-refractivity contribution in [3.05, 3.63) is 22.8 Å². The van der Waals surface area contributed by atoms with E-state index in [1.54, 1.807) is 12.0 Å². The third-order valence-electron chi connectivity index (χ3n) is 4.49. The zero-order chi connectivity index (χ0) is 15.7. The van der Waals surface area contributed by atoms with Gasteiger partial charge in [0.2, 0.25) is 0 Å². The van der Waals surface area contributed by atoms with E-state index in [1.165, 1.54) is 11.1 Å². The van der Waals surface area contributed by atoms with E-state index in [-0.39, 0.29) is 12.5 Å². The van der Waals surface area contributed by atoms with Gasteiger partial charge < -0.3 is 19.2 Å². The standard InChI is InChI=1S/C16H21BN2O3/c1-11-13-4-6-18(17)5-3-12(13)9-14-16(11)22-10-15(20)19(14)7-8-21-2/h9H,3-8,10H2,1-2H3. The summed E-state index contributed by atoms with van der Waals surface area (Å²) >= 11 is 0. The molecule has 2 aliphatic rings. The van der Waals surface area contributed by atoms with Crippen LogP contribution in [-0.2, 0) is 22.4 Å². The highest BCUT2D eigenvalue weighted by Crippen LogP contribution is 2.39. The van der Waals surface area contributed by atoms with Gasteiger partial charge in [-0.25, -0.2) is 0 Å². The number of benzene rings is 1. The highest BCUT2D eigenvalue weighted by Gasteiger charge is 2.29. The first-order valence-corrected chi connectivity index (χ1v) is 7.69. The molecule has 0 N–H and O–H groups in total. The van der Waals surface area contributed by atoms with Crippen LogP contribution in [0.4, 0.5) is 5.69 Å². The summed E-state index contributed by atoms with van der Waals surface area (Å²) < 4.78 is 10.9. The first-order chi connectivity index (χ1) is 10.6. The maximum Gasteiger partial charge on any atom is 0.265 e. The summed E-state index contributed by atoms with van der Waals surface area (Å²) in [6, 6.07) is 2.10. The second kappa shape index (κ2) is 6.30. The lowest BCUT2D eigenvalue weighted by Gasteiger charge is -2.32. The first-order valence-electron chi connectivity index (χ1n) is 7.69. The largest absolute Gasteiger partial charge is 0.481 e. The molecule has 0 unspecified atom stereocenters. The van der Waals surface area contributed by atoms with Crippen molar-refractivity contribution in [2.75, 3.05) is 44.9 Å². The Morgan fingerprint density at radius 1 is 1.36 bits per heavy atom. The predicted octanol–water partition coefficient (Wildman–Crippen LogP) is 0.851. The fraction of sp³-hybridized carbons (Fsp3) is 0.562. The monoisotopic (exact) mass is 300 g/mol. The number of fused-ring (bicyclic) bond motifs is 2. The predicted molar refractivity (Wildman–Crippen MR) is 85.6 cm³/mol. The Balaban J connectivity index is 2.02. The lowest BCUT2D eigenvalue weighted by molar-refractivity contribution is -0.121. The van der Waals surface area contributed by atoms with Gasteiger partial charge in [-0.3, -0.25) is 4.79 Å². The molecule has 6 heteroatoms. The summed E-state index contributed by atoms with van der Waals surface area (Å²) in [7, 11) is 7.60. The van der Waals surface area contributed by atoms with Crippen LogP contribution in [0.2, 0.25) is 0 Å². The molecule has 5 nitrogen and oxygen atoms in total. The van der Waals surface area contributed by atoms with Gasteiger partial charge >= 0.3 is 0 Å². The van der Waals surface area contributed by atoms with Crippen molar-refractivity contribution in [1.82, 2.24) is 4.81 Å². The topological polar surface area (TPSA) is 42.0 Å². The Labute approximate surface area is 132 Å². The van der Waals surface area contributed by atoms with Gasteiger partial charge in [-0.2, -0.15) is 0 Å². The van der Waals surface area contributed by atoms with Gasteiger partial charge in [0.25, 0.3) is 5.91 Å². The maximum absolute atomic E-state index is 12.2. The smallest absolute Gasteiger partial charge is 0.265 e. The Morgan fingerprint density at radius 3 is 2.91 bits per heavy atom. The Kier molecular flexibility index (Phi) is 4.40. The summed E-state index contributed by atoms with van der Waals surface area (Å²) in [5.74, 6) is 0.817. The molecule has 0 saturated carbocycles. The van der Waals surface area contributed by atoms with Crippen molar-refractivity contribution >= 4 is 19.6 Å². The van der Waals surface area contributed by atoms with Crippen LogP contribution in [0, 0.1) is 6.92 Å². The number of ether oxygens (including phenoxy) is 2. The summed E-state index contributed by atoms with van der Waals surface area (Å²) in [5.41, 5.74) is 4.59. The fourth-order valence-corrected chi connectivity index (χ4v) is 3.25. The van der Waals surface area contributed by atoms with Crippen LogP contribution in [0.1, 0.15) is 16.7 Å². The second-order valence-electron chi connectivity index (χ2n) is 5.85. The van der Waals surface area contributed by atoms with Crippen LogP contribution in [0.5, 0.6) is 5.75 Å². The van der Waals surface area contributed by atoms with Crippen molar-refractivity contribution in [1.29, 1.82) is 0 Å². The molecule has 0 atom stereocenters. The molecule has 1 aromatic carbocycles. The van der Waals surface area contributed by atoms with E-state index in [0.29, 0.717) is 13.2 Å². The lowest BCUT2D eigenvalue weighted by Crippen LogP contribution is -2.41. The number of nitrogens with zero attached hydrogens (tertiary/aromatic N) is 2. The summed E-state index contributed by atoms with van der Waals surface area (Å²) in [6.07, 6.45) is 1.81. The van der Waals surface area contributed by atoms with Gasteiger partial charge in [0.05, 0.1) is 12.3 Å². The minimum absolute atomic E-state index is 0.0158. The van der Waals surface area contributed by atoms with Gasteiger partial charge in [0.15, 0.2) is 14.6 Å². The van der Waals surface area contributed by atoms with Crippen molar-refractivity contribution in [2.45, 2.75) is 19.8 Å². The van der Waals surface area contributed by atoms with Gasteiger partial charge in [0.1, 0.15) is 5.75 Å². The highest BCUT2D eigenvalue weighted by molar-refractivity contribution is 6.04. The zero-order valence-electron chi connectivity index (χ0n) is 13.2. The van der Waals surface area contributed by atoms with Crippen molar-refractivity contribution < 1.29 is 14.3 Å². The molecule has 0 aromatic heterocycles. The highest BCUT2D eigenvalue weighted by atomic mass is 16.5. The van der Waals surface area contributed by atoms with Crippen LogP contribution in [-0.4, -0.2) is 58.7 Å². The molecule has 1 amide bonds. The zero-order valence-corrected chi connectivity index (χ0v) is 13.2. The SMILES string of the molecule is [B]N1CCc2cc3c(c(C)c2CC1)OCC(=O)N3CCOC. The number of amides is 1. The number of carbonyl (C=O) groups excluding carboxylic acids is 1. The molecule has 0 saturated heterocycles. The summed E-state index contributed by atoms with van der Waals surface area (Å²) in [6.45, 7) is 4.91. The van der Waals surface area contributed by atoms with Gasteiger partial charge in [-0.15, -0.1) is 0 Å². The minimum atomic E-state index is -0.0158. The van der Waals surface area contributed by atoms with Crippen LogP contribution in [0.25, 0.3) is 0 Å².